The lowest BCUT2D eigenvalue weighted by molar-refractivity contribution is 1.29. The van der Waals surface area contributed by atoms with E-state index >= 15 is 0 Å². The van der Waals surface area contributed by atoms with Crippen LogP contribution in [0.2, 0.25) is 0 Å². The monoisotopic (exact) mass is 694 g/mol. The Balaban J connectivity index is 1.06. The number of nitrogens with zero attached hydrogens (tertiary/aromatic N) is 2. The van der Waals surface area contributed by atoms with Gasteiger partial charge in [-0.1, -0.05) is 121 Å². The van der Waals surface area contributed by atoms with Crippen molar-refractivity contribution in [3.8, 4) is 11.1 Å². The lowest BCUT2D eigenvalue weighted by atomic mass is 9.96. The normalized spacial score (nSPS) is 11.4. The summed E-state index contributed by atoms with van der Waals surface area (Å²) < 4.78 is 2.61. The summed E-state index contributed by atoms with van der Waals surface area (Å²) in [5.41, 5.74) is 9.17. The first-order valence-electron chi connectivity index (χ1n) is 18.0. The molecule has 1 heterocycles. The Hall–Kier alpha value is -6.68. The zero-order valence-electron chi connectivity index (χ0n) is 28.9. The van der Waals surface area contributed by atoms with Crippen LogP contribution in [0.1, 0.15) is 0 Å². The number of hydrogen-bond acceptors (Lipinski definition) is 3. The molecule has 9 aromatic carbocycles. The SMILES string of the molecule is c1ccc(N(c2ccccc2)c2ccc3c(ccc4ccc(-c5cccc(N(c6ccccc6)c6ccc7c(c6)sc6ccccc67)c5)cc43)c2)cc1. The van der Waals surface area contributed by atoms with Gasteiger partial charge in [0, 0.05) is 54.3 Å². The van der Waals surface area contributed by atoms with Crippen molar-refractivity contribution in [2.24, 2.45) is 0 Å². The van der Waals surface area contributed by atoms with Crippen molar-refractivity contribution >= 4 is 87.2 Å². The zero-order chi connectivity index (χ0) is 35.1. The maximum absolute atomic E-state index is 2.37. The fourth-order valence-corrected chi connectivity index (χ4v) is 8.81. The van der Waals surface area contributed by atoms with E-state index < -0.39 is 0 Å². The molecular weight excluding hydrogens is 661 g/mol. The van der Waals surface area contributed by atoms with E-state index in [1.54, 1.807) is 0 Å². The molecule has 0 aliphatic carbocycles. The summed E-state index contributed by atoms with van der Waals surface area (Å²) in [4.78, 5) is 4.69. The standard InChI is InChI=1S/C50H34N2S/c1-4-14-39(15-5-1)51(40-16-6-2-7-17-40)43-27-29-45-38(32-43)26-24-35-23-25-37(33-48(35)45)36-13-12-20-42(31-36)52(41-18-8-3-9-19-41)44-28-30-47-46-21-10-11-22-49(46)53-50(47)34-44/h1-34H. The van der Waals surface area contributed by atoms with Crippen LogP contribution in [0.15, 0.2) is 206 Å². The van der Waals surface area contributed by atoms with E-state index in [1.807, 2.05) is 11.3 Å². The highest BCUT2D eigenvalue weighted by molar-refractivity contribution is 7.25. The van der Waals surface area contributed by atoms with Crippen LogP contribution < -0.4 is 9.80 Å². The minimum atomic E-state index is 1.12. The maximum Gasteiger partial charge on any atom is 0.0476 e. The van der Waals surface area contributed by atoms with Crippen LogP contribution in [0.3, 0.4) is 0 Å². The molecule has 10 rings (SSSR count). The van der Waals surface area contributed by atoms with E-state index in [0.717, 1.165) is 34.1 Å². The third-order valence-corrected chi connectivity index (χ3v) is 11.3. The molecule has 0 atom stereocenters. The number of hydrogen-bond donors (Lipinski definition) is 0. The van der Waals surface area contributed by atoms with E-state index in [1.165, 1.54) is 52.8 Å². The summed E-state index contributed by atoms with van der Waals surface area (Å²) in [6, 6.07) is 74.6. The first-order chi connectivity index (χ1) is 26.3. The Morgan fingerprint density at radius 3 is 1.49 bits per heavy atom. The van der Waals surface area contributed by atoms with Gasteiger partial charge in [-0.25, -0.2) is 0 Å². The lowest BCUT2D eigenvalue weighted by Gasteiger charge is -2.26. The Morgan fingerprint density at radius 1 is 0.264 bits per heavy atom. The van der Waals surface area contributed by atoms with Gasteiger partial charge in [-0.2, -0.15) is 0 Å². The van der Waals surface area contributed by atoms with Crippen molar-refractivity contribution in [1.29, 1.82) is 0 Å². The van der Waals surface area contributed by atoms with Crippen LogP contribution in [0.5, 0.6) is 0 Å². The molecule has 0 spiro atoms. The Morgan fingerprint density at radius 2 is 0.774 bits per heavy atom. The summed E-state index contributed by atoms with van der Waals surface area (Å²) in [5, 5.41) is 7.56. The third kappa shape index (κ3) is 5.68. The largest absolute Gasteiger partial charge is 0.310 e. The molecule has 0 unspecified atom stereocenters. The molecule has 0 radical (unpaired) electrons. The minimum absolute atomic E-state index is 1.12. The highest BCUT2D eigenvalue weighted by Crippen LogP contribution is 2.42. The second kappa shape index (κ2) is 13.1. The summed E-state index contributed by atoms with van der Waals surface area (Å²) >= 11 is 1.86. The van der Waals surface area contributed by atoms with E-state index in [-0.39, 0.29) is 0 Å². The molecule has 0 saturated heterocycles. The smallest absolute Gasteiger partial charge is 0.0476 e. The predicted molar refractivity (Wildman–Crippen MR) is 229 cm³/mol. The Kier molecular flexibility index (Phi) is 7.71. The van der Waals surface area contributed by atoms with Gasteiger partial charge in [0.15, 0.2) is 0 Å². The van der Waals surface area contributed by atoms with Crippen LogP contribution in [0.4, 0.5) is 34.1 Å². The summed E-state index contributed by atoms with van der Waals surface area (Å²) in [6.45, 7) is 0. The molecule has 0 N–H and O–H groups in total. The first kappa shape index (κ1) is 31.1. The number of benzene rings is 9. The number of para-hydroxylation sites is 3. The van der Waals surface area contributed by atoms with Crippen LogP contribution >= 0.6 is 11.3 Å². The average Bonchev–Trinajstić information content (AvgIpc) is 3.60. The van der Waals surface area contributed by atoms with Gasteiger partial charge in [-0.05, 0) is 118 Å². The van der Waals surface area contributed by atoms with Gasteiger partial charge in [0.2, 0.25) is 0 Å². The first-order valence-corrected chi connectivity index (χ1v) is 18.8. The molecule has 0 saturated carbocycles. The van der Waals surface area contributed by atoms with E-state index in [2.05, 4.69) is 216 Å². The molecule has 10 aromatic rings. The van der Waals surface area contributed by atoms with Crippen molar-refractivity contribution < 1.29 is 0 Å². The highest BCUT2D eigenvalue weighted by Gasteiger charge is 2.17. The second-order valence-electron chi connectivity index (χ2n) is 13.4. The zero-order valence-corrected chi connectivity index (χ0v) is 29.7. The molecule has 0 aliphatic rings. The Labute approximate surface area is 313 Å². The molecular formula is C50H34N2S. The number of anilines is 6. The van der Waals surface area contributed by atoms with Crippen LogP contribution in [0, 0.1) is 0 Å². The van der Waals surface area contributed by atoms with Crippen molar-refractivity contribution in [2.45, 2.75) is 0 Å². The molecule has 1 aromatic heterocycles. The molecule has 0 fully saturated rings. The van der Waals surface area contributed by atoms with Gasteiger partial charge in [0.1, 0.15) is 0 Å². The van der Waals surface area contributed by atoms with Crippen molar-refractivity contribution in [3.05, 3.63) is 206 Å². The van der Waals surface area contributed by atoms with Crippen LogP contribution in [0.25, 0.3) is 52.8 Å². The van der Waals surface area contributed by atoms with Gasteiger partial charge in [-0.3, -0.25) is 0 Å². The topological polar surface area (TPSA) is 6.48 Å². The lowest BCUT2D eigenvalue weighted by Crippen LogP contribution is -2.09. The van der Waals surface area contributed by atoms with E-state index in [4.69, 9.17) is 0 Å². The minimum Gasteiger partial charge on any atom is -0.310 e. The average molecular weight is 695 g/mol. The number of thiophene rings is 1. The molecule has 0 bridgehead atoms. The van der Waals surface area contributed by atoms with Crippen LogP contribution in [-0.4, -0.2) is 0 Å². The molecule has 250 valence electrons. The quantitative estimate of drug-likeness (QED) is 0.153. The van der Waals surface area contributed by atoms with Crippen LogP contribution in [-0.2, 0) is 0 Å². The van der Waals surface area contributed by atoms with Crippen molar-refractivity contribution in [2.75, 3.05) is 9.80 Å². The van der Waals surface area contributed by atoms with E-state index in [0.29, 0.717) is 0 Å². The fraction of sp³-hybridized carbons (Fsp3) is 0. The fourth-order valence-electron chi connectivity index (χ4n) is 7.67. The predicted octanol–water partition coefficient (Wildman–Crippen LogP) is 15.0. The highest BCUT2D eigenvalue weighted by atomic mass is 32.1. The van der Waals surface area contributed by atoms with Crippen molar-refractivity contribution in [3.63, 3.8) is 0 Å². The van der Waals surface area contributed by atoms with Gasteiger partial charge >= 0.3 is 0 Å². The maximum atomic E-state index is 2.37. The number of fused-ring (bicyclic) bond motifs is 6. The van der Waals surface area contributed by atoms with E-state index in [9.17, 15) is 0 Å². The van der Waals surface area contributed by atoms with Gasteiger partial charge in [0.05, 0.1) is 0 Å². The molecule has 0 aliphatic heterocycles. The van der Waals surface area contributed by atoms with Crippen molar-refractivity contribution in [1.82, 2.24) is 0 Å². The molecule has 2 nitrogen and oxygen atoms in total. The third-order valence-electron chi connectivity index (χ3n) is 10.2. The molecule has 53 heavy (non-hydrogen) atoms. The van der Waals surface area contributed by atoms with Gasteiger partial charge in [-0.15, -0.1) is 11.3 Å². The second-order valence-corrected chi connectivity index (χ2v) is 14.5. The van der Waals surface area contributed by atoms with Gasteiger partial charge < -0.3 is 9.80 Å². The summed E-state index contributed by atoms with van der Waals surface area (Å²) in [5.74, 6) is 0. The number of rotatable bonds is 7. The Bertz CT molecular complexity index is 2860. The molecule has 0 amide bonds. The molecule has 3 heteroatoms. The summed E-state index contributed by atoms with van der Waals surface area (Å²) in [7, 11) is 0. The summed E-state index contributed by atoms with van der Waals surface area (Å²) in [6.07, 6.45) is 0. The van der Waals surface area contributed by atoms with Gasteiger partial charge in [0.25, 0.3) is 0 Å².